The van der Waals surface area contributed by atoms with Gasteiger partial charge in [-0.3, -0.25) is 19.7 Å². The van der Waals surface area contributed by atoms with Crippen LogP contribution in [0.5, 0.6) is 0 Å². The highest BCUT2D eigenvalue weighted by Gasteiger charge is 2.61. The van der Waals surface area contributed by atoms with Gasteiger partial charge in [-0.2, -0.15) is 10.4 Å². The van der Waals surface area contributed by atoms with E-state index in [9.17, 15) is 19.6 Å². The van der Waals surface area contributed by atoms with E-state index in [1.54, 1.807) is 58.0 Å². The number of nitrogens with one attached hydrogen (secondary N) is 1. The molecule has 0 unspecified atom stereocenters. The van der Waals surface area contributed by atoms with E-state index in [2.05, 4.69) is 26.5 Å². The summed E-state index contributed by atoms with van der Waals surface area (Å²) >= 11 is 0. The topological polar surface area (TPSA) is 179 Å². The summed E-state index contributed by atoms with van der Waals surface area (Å²) in [6.07, 6.45) is -0.834. The molecule has 0 spiro atoms. The van der Waals surface area contributed by atoms with Gasteiger partial charge in [0.25, 0.3) is 0 Å². The van der Waals surface area contributed by atoms with Crippen molar-refractivity contribution >= 4 is 35.6 Å². The first-order chi connectivity index (χ1) is 20.3. The third kappa shape index (κ3) is 7.64. The highest BCUT2D eigenvalue weighted by Crippen LogP contribution is 2.44. The number of nitriles is 1. The summed E-state index contributed by atoms with van der Waals surface area (Å²) in [5.74, 6) is -2.43. The van der Waals surface area contributed by atoms with Gasteiger partial charge in [0.2, 0.25) is 5.60 Å². The smallest absolute Gasteiger partial charge is 0.322 e. The fourth-order valence-corrected chi connectivity index (χ4v) is 4.14. The molecule has 0 saturated carbocycles. The third-order valence-electron chi connectivity index (χ3n) is 6.55. The van der Waals surface area contributed by atoms with Crippen molar-refractivity contribution in [2.75, 3.05) is 34.5 Å². The molecule has 1 aliphatic rings. The van der Waals surface area contributed by atoms with Gasteiger partial charge in [-0.05, 0) is 19.1 Å². The molecule has 3 rings (SSSR count). The van der Waals surface area contributed by atoms with Gasteiger partial charge in [-0.25, -0.2) is 14.5 Å². The van der Waals surface area contributed by atoms with E-state index >= 15 is 0 Å². The molecule has 0 aliphatic carbocycles. The monoisotopic (exact) mass is 601 g/mol. The van der Waals surface area contributed by atoms with E-state index in [1.165, 1.54) is 18.0 Å². The lowest BCUT2D eigenvalue weighted by Crippen LogP contribution is -2.50. The number of hydrogen-bond acceptors (Lipinski definition) is 13. The maximum absolute atomic E-state index is 12.9. The van der Waals surface area contributed by atoms with Crippen LogP contribution in [0, 0.1) is 23.2 Å². The Labute approximate surface area is 250 Å². The Kier molecular flexibility index (Phi) is 11.1. The lowest BCUT2D eigenvalue weighted by atomic mass is 9.95. The van der Waals surface area contributed by atoms with Gasteiger partial charge >= 0.3 is 17.9 Å². The molecule has 1 aliphatic heterocycles. The zero-order chi connectivity index (χ0) is 31.9. The predicted octanol–water partition coefficient (Wildman–Crippen LogP) is 1.55. The van der Waals surface area contributed by atoms with E-state index in [1.807, 2.05) is 14.1 Å². The molecule has 1 saturated heterocycles. The Morgan fingerprint density at radius 3 is 2.44 bits per heavy atom. The number of aromatic nitrogens is 3. The fraction of sp³-hybridized carbons (Fsp3) is 0.607. The second kappa shape index (κ2) is 14.4. The number of carbonyl (C=O) groups excluding carboxylic acids is 3. The molecule has 15 nitrogen and oxygen atoms in total. The average molecular weight is 602 g/mol. The molecule has 0 aromatic carbocycles. The Morgan fingerprint density at radius 2 is 1.84 bits per heavy atom. The van der Waals surface area contributed by atoms with E-state index < -0.39 is 66.3 Å². The van der Waals surface area contributed by atoms with Crippen LogP contribution in [0.15, 0.2) is 23.5 Å². The minimum absolute atomic E-state index is 0.163. The van der Waals surface area contributed by atoms with Gasteiger partial charge in [0, 0.05) is 14.1 Å². The van der Waals surface area contributed by atoms with Crippen molar-refractivity contribution in [3.63, 3.8) is 0 Å². The lowest BCUT2D eigenvalue weighted by Gasteiger charge is -2.29. The highest BCUT2D eigenvalue weighted by atomic mass is 16.7. The van der Waals surface area contributed by atoms with Gasteiger partial charge < -0.3 is 28.6 Å². The summed E-state index contributed by atoms with van der Waals surface area (Å²) in [6.45, 7) is 7.62. The van der Waals surface area contributed by atoms with Crippen LogP contribution < -0.4 is 5.32 Å². The quantitative estimate of drug-likeness (QED) is 0.0873. The number of hydrogen-bond donors (Lipinski definition) is 1. The van der Waals surface area contributed by atoms with Gasteiger partial charge in [-0.1, -0.05) is 27.7 Å². The second-order valence-corrected chi connectivity index (χ2v) is 10.9. The summed E-state index contributed by atoms with van der Waals surface area (Å²) in [5.41, 5.74) is -0.979. The molecule has 2 aromatic rings. The molecule has 0 amide bonds. The largest absolute Gasteiger partial charge is 0.468 e. The average Bonchev–Trinajstić information content (AvgIpc) is 3.53. The predicted molar refractivity (Wildman–Crippen MR) is 152 cm³/mol. The number of methoxy groups -OCH3 is 1. The van der Waals surface area contributed by atoms with Crippen molar-refractivity contribution in [1.82, 2.24) is 24.8 Å². The zero-order valence-electron chi connectivity index (χ0n) is 25.6. The maximum Gasteiger partial charge on any atom is 0.322 e. The highest BCUT2D eigenvalue weighted by molar-refractivity contribution is 5.75. The van der Waals surface area contributed by atoms with E-state index in [0.29, 0.717) is 17.0 Å². The summed E-state index contributed by atoms with van der Waals surface area (Å²) in [6, 6.07) is 4.83. The number of carbonyl (C=O) groups is 3. The Balaban J connectivity index is 2.07. The van der Waals surface area contributed by atoms with Gasteiger partial charge in [0.05, 0.1) is 44.3 Å². The van der Waals surface area contributed by atoms with Crippen molar-refractivity contribution in [3.05, 3.63) is 24.2 Å². The molecule has 234 valence electrons. The lowest BCUT2D eigenvalue weighted by molar-refractivity contribution is -0.174. The van der Waals surface area contributed by atoms with Crippen molar-refractivity contribution in [3.8, 4) is 6.07 Å². The number of nitrogens with zero attached hydrogens (tertiary/aromatic N) is 6. The van der Waals surface area contributed by atoms with Crippen LogP contribution in [0.3, 0.4) is 0 Å². The van der Waals surface area contributed by atoms with Gasteiger partial charge in [0.15, 0.2) is 18.0 Å². The Morgan fingerprint density at radius 1 is 1.16 bits per heavy atom. The van der Waals surface area contributed by atoms with E-state index in [0.717, 1.165) is 0 Å². The molecule has 15 heteroatoms. The maximum atomic E-state index is 12.9. The summed E-state index contributed by atoms with van der Waals surface area (Å²) in [5, 5.41) is 17.7. The fourth-order valence-electron chi connectivity index (χ4n) is 4.14. The van der Waals surface area contributed by atoms with Crippen molar-refractivity contribution in [2.24, 2.45) is 16.8 Å². The van der Waals surface area contributed by atoms with Crippen molar-refractivity contribution in [2.45, 2.75) is 64.6 Å². The summed E-state index contributed by atoms with van der Waals surface area (Å²) < 4.78 is 30.0. The molecule has 2 aromatic heterocycles. The molecular weight excluding hydrogens is 562 g/mol. The number of aliphatic imine (C=N–C) groups is 1. The minimum atomic E-state index is -1.91. The number of rotatable bonds is 13. The molecule has 5 atom stereocenters. The SMILES string of the molecule is COC(=O)[C@H](C)NCOC[C@@]1(C#N)O[C@@H](c2ccc3c(/N=C/N(C)C)ncnn23)[C@H](OC(=O)C(C)C)[C@@H]1OC(=O)C(C)C. The number of esters is 3. The van der Waals surface area contributed by atoms with Crippen molar-refractivity contribution in [1.29, 1.82) is 5.26 Å². The summed E-state index contributed by atoms with van der Waals surface area (Å²) in [7, 11) is 4.90. The minimum Gasteiger partial charge on any atom is -0.468 e. The van der Waals surface area contributed by atoms with Crippen LogP contribution in [0.25, 0.3) is 5.52 Å². The van der Waals surface area contributed by atoms with Crippen LogP contribution >= 0.6 is 0 Å². The third-order valence-corrected chi connectivity index (χ3v) is 6.55. The summed E-state index contributed by atoms with van der Waals surface area (Å²) in [4.78, 5) is 48.0. The molecule has 1 fully saturated rings. The molecular formula is C28H39N7O8. The van der Waals surface area contributed by atoms with E-state index in [4.69, 9.17) is 23.7 Å². The van der Waals surface area contributed by atoms with Crippen LogP contribution in [0.2, 0.25) is 0 Å². The molecule has 0 radical (unpaired) electrons. The first kappa shape index (κ1) is 33.4. The zero-order valence-corrected chi connectivity index (χ0v) is 25.6. The standard InChI is InChI=1S/C28H39N7O8/c1-16(2)25(36)41-22-21(19-9-10-20-24(31-14-34(6)7)30-13-33-35(19)20)43-28(11-29,23(22)42-26(37)17(3)4)12-40-15-32-18(5)27(38)39-8/h9-10,13-14,16-18,21-23,32H,12,15H2,1-8H3/b31-14+/t18-,21-,22-,23-,28+/m0/s1. The molecule has 1 N–H and O–H groups in total. The number of fused-ring (bicyclic) bond motifs is 1. The first-order valence-corrected chi connectivity index (χ1v) is 13.8. The van der Waals surface area contributed by atoms with Crippen LogP contribution in [-0.4, -0.2) is 102 Å². The van der Waals surface area contributed by atoms with E-state index in [-0.39, 0.29) is 6.73 Å². The Bertz CT molecular complexity index is 1370. The second-order valence-electron chi connectivity index (χ2n) is 10.9. The van der Waals surface area contributed by atoms with Crippen LogP contribution in [0.1, 0.15) is 46.4 Å². The van der Waals surface area contributed by atoms with Crippen molar-refractivity contribution < 1.29 is 38.1 Å². The van der Waals surface area contributed by atoms with Gasteiger partial charge in [0.1, 0.15) is 30.1 Å². The molecule has 0 bridgehead atoms. The Hall–Kier alpha value is -4.13. The molecule has 3 heterocycles. The number of ether oxygens (including phenoxy) is 5. The van der Waals surface area contributed by atoms with Gasteiger partial charge in [-0.15, -0.1) is 0 Å². The van der Waals surface area contributed by atoms with Crippen LogP contribution in [0.4, 0.5) is 5.82 Å². The normalized spacial score (nSPS) is 22.6. The molecule has 43 heavy (non-hydrogen) atoms. The van der Waals surface area contributed by atoms with Crippen LogP contribution in [-0.2, 0) is 38.1 Å². The first-order valence-electron chi connectivity index (χ1n) is 13.8.